The third-order valence-corrected chi connectivity index (χ3v) is 9.94. The van der Waals surface area contributed by atoms with Gasteiger partial charge in [0, 0.05) is 37.0 Å². The van der Waals surface area contributed by atoms with Gasteiger partial charge in [0.25, 0.3) is 5.91 Å². The molecule has 1 amide bonds. The van der Waals surface area contributed by atoms with E-state index in [1.54, 1.807) is 0 Å². The summed E-state index contributed by atoms with van der Waals surface area (Å²) in [6.45, 7) is 6.37. The van der Waals surface area contributed by atoms with E-state index in [4.69, 9.17) is 0 Å². The summed E-state index contributed by atoms with van der Waals surface area (Å²) in [6, 6.07) is 3.96. The number of hydrogen-bond donors (Lipinski definition) is 1. The van der Waals surface area contributed by atoms with Crippen LogP contribution in [0.3, 0.4) is 0 Å². The van der Waals surface area contributed by atoms with Gasteiger partial charge in [-0.2, -0.15) is 0 Å². The maximum atomic E-state index is 14.9. The molecule has 0 unspecified atom stereocenters. The normalized spacial score (nSPS) is 21.4. The van der Waals surface area contributed by atoms with Crippen LogP contribution in [0, 0.1) is 18.2 Å². The topological polar surface area (TPSA) is 77.5 Å². The Hall–Kier alpha value is -3.11. The Kier molecular flexibility index (Phi) is 4.58. The lowest BCUT2D eigenvalue weighted by Crippen LogP contribution is -2.57. The lowest BCUT2D eigenvalue weighted by atomic mass is 9.79. The highest BCUT2D eigenvalue weighted by molar-refractivity contribution is 7.16. The van der Waals surface area contributed by atoms with E-state index in [2.05, 4.69) is 43.2 Å². The fourth-order valence-corrected chi connectivity index (χ4v) is 7.80. The van der Waals surface area contributed by atoms with Gasteiger partial charge in [-0.25, -0.2) is 19.3 Å². The molecule has 3 aromatic rings. The quantitative estimate of drug-likeness (QED) is 0.574. The van der Waals surface area contributed by atoms with Gasteiger partial charge in [0.15, 0.2) is 5.82 Å². The first-order chi connectivity index (χ1) is 17.3. The zero-order valence-electron chi connectivity index (χ0n) is 20.6. The second-order valence-electron chi connectivity index (χ2n) is 10.9. The Labute approximate surface area is 213 Å². The van der Waals surface area contributed by atoms with Crippen LogP contribution in [-0.2, 0) is 5.54 Å². The summed E-state index contributed by atoms with van der Waals surface area (Å²) in [5.74, 6) is 0.404. The zero-order chi connectivity index (χ0) is 24.8. The van der Waals surface area contributed by atoms with E-state index in [0.29, 0.717) is 16.1 Å². The molecule has 4 aliphatic rings. The van der Waals surface area contributed by atoms with E-state index in [1.165, 1.54) is 37.0 Å². The molecule has 2 spiro atoms. The Morgan fingerprint density at radius 2 is 1.89 bits per heavy atom. The van der Waals surface area contributed by atoms with Crippen molar-refractivity contribution in [3.05, 3.63) is 46.3 Å². The predicted molar refractivity (Wildman–Crippen MR) is 137 cm³/mol. The number of fused-ring (bicyclic) bond motifs is 2. The molecule has 0 atom stereocenters. The number of pyridine rings is 1. The van der Waals surface area contributed by atoms with E-state index in [9.17, 15) is 9.18 Å². The maximum Gasteiger partial charge on any atom is 0.255 e. The number of thiophene rings is 1. The van der Waals surface area contributed by atoms with E-state index >= 15 is 0 Å². The van der Waals surface area contributed by atoms with Gasteiger partial charge in [-0.05, 0) is 57.5 Å². The van der Waals surface area contributed by atoms with Crippen molar-refractivity contribution >= 4 is 34.7 Å². The Morgan fingerprint density at radius 3 is 2.56 bits per heavy atom. The third-order valence-electron chi connectivity index (χ3n) is 8.45. The van der Waals surface area contributed by atoms with Crippen LogP contribution in [-0.4, -0.2) is 70.9 Å². The summed E-state index contributed by atoms with van der Waals surface area (Å²) in [6.07, 6.45) is 6.22. The first kappa shape index (κ1) is 22.1. The molecule has 0 aromatic carbocycles. The third kappa shape index (κ3) is 3.13. The molecule has 6 heterocycles. The van der Waals surface area contributed by atoms with Gasteiger partial charge < -0.3 is 20.0 Å². The van der Waals surface area contributed by atoms with Gasteiger partial charge in [-0.1, -0.05) is 0 Å². The van der Waals surface area contributed by atoms with Crippen LogP contribution in [0.15, 0.2) is 24.5 Å². The number of carbonyl (C=O) groups is 1. The Bertz CT molecular complexity index is 1390. The summed E-state index contributed by atoms with van der Waals surface area (Å²) < 4.78 is 14.9. The van der Waals surface area contributed by atoms with Crippen LogP contribution >= 0.6 is 11.3 Å². The molecule has 8 nitrogen and oxygen atoms in total. The molecular formula is C26H28FN7OS. The Morgan fingerprint density at radius 1 is 1.08 bits per heavy atom. The van der Waals surface area contributed by atoms with E-state index in [0.717, 1.165) is 47.6 Å². The van der Waals surface area contributed by atoms with Crippen molar-refractivity contribution in [1.29, 1.82) is 0 Å². The number of anilines is 3. The van der Waals surface area contributed by atoms with Crippen molar-refractivity contribution in [3.8, 4) is 10.6 Å². The first-order valence-corrected chi connectivity index (χ1v) is 13.2. The molecule has 7 rings (SSSR count). The van der Waals surface area contributed by atoms with Crippen molar-refractivity contribution in [2.45, 2.75) is 31.7 Å². The molecule has 3 fully saturated rings. The summed E-state index contributed by atoms with van der Waals surface area (Å²) in [5.41, 5.74) is 3.08. The lowest BCUT2D eigenvalue weighted by Gasteiger charge is -2.49. The number of hydrogen-bond acceptors (Lipinski definition) is 8. The van der Waals surface area contributed by atoms with E-state index in [1.807, 2.05) is 31.1 Å². The molecule has 0 radical (unpaired) electrons. The summed E-state index contributed by atoms with van der Waals surface area (Å²) in [5, 5.41) is 3.12. The fraction of sp³-hybridized carbons (Fsp3) is 0.462. The van der Waals surface area contributed by atoms with Gasteiger partial charge in [0.2, 0.25) is 5.95 Å². The van der Waals surface area contributed by atoms with Crippen LogP contribution in [0.25, 0.3) is 10.6 Å². The molecule has 3 aliphatic heterocycles. The smallest absolute Gasteiger partial charge is 0.255 e. The largest absolute Gasteiger partial charge is 0.369 e. The maximum absolute atomic E-state index is 14.9. The van der Waals surface area contributed by atoms with Gasteiger partial charge in [-0.15, -0.1) is 11.3 Å². The number of halogens is 1. The molecule has 1 N–H and O–H groups in total. The number of carbonyl (C=O) groups excluding carboxylic acids is 1. The number of amides is 1. The van der Waals surface area contributed by atoms with Crippen molar-refractivity contribution in [2.75, 3.05) is 50.5 Å². The summed E-state index contributed by atoms with van der Waals surface area (Å²) in [4.78, 5) is 34.4. The standard InChI is InChI=1S/C26H28FN7OS/c1-15-19-22(26(6-7-26)33(3)23(19)35)36-21(15)20-17(27)11-29-24(31-20)30-18-5-4-16(10-28-18)34-13-25(14-34)8-9-32(2)12-25/h4-5,10-11H,6-9,12-14H2,1-3H3,(H,28,29,30,31). The molecule has 1 saturated carbocycles. The minimum absolute atomic E-state index is 0.0210. The average molecular weight is 506 g/mol. The molecule has 186 valence electrons. The van der Waals surface area contributed by atoms with E-state index in [-0.39, 0.29) is 23.1 Å². The van der Waals surface area contributed by atoms with Gasteiger partial charge in [0.1, 0.15) is 11.5 Å². The molecular weight excluding hydrogens is 477 g/mol. The first-order valence-electron chi connectivity index (χ1n) is 12.4. The van der Waals surface area contributed by atoms with Crippen LogP contribution < -0.4 is 10.2 Å². The summed E-state index contributed by atoms with van der Waals surface area (Å²) in [7, 11) is 4.05. The molecule has 36 heavy (non-hydrogen) atoms. The van der Waals surface area contributed by atoms with Gasteiger partial charge >= 0.3 is 0 Å². The van der Waals surface area contributed by atoms with Crippen molar-refractivity contribution in [1.82, 2.24) is 24.8 Å². The van der Waals surface area contributed by atoms with Crippen molar-refractivity contribution < 1.29 is 9.18 Å². The van der Waals surface area contributed by atoms with Crippen molar-refractivity contribution in [2.24, 2.45) is 5.41 Å². The second-order valence-corrected chi connectivity index (χ2v) is 11.9. The Balaban J connectivity index is 1.11. The fourth-order valence-electron chi connectivity index (χ4n) is 6.23. The van der Waals surface area contributed by atoms with Gasteiger partial charge in [0.05, 0.1) is 34.1 Å². The number of likely N-dealkylation sites (tertiary alicyclic amines) is 1. The number of aromatic nitrogens is 3. The zero-order valence-corrected chi connectivity index (χ0v) is 21.5. The van der Waals surface area contributed by atoms with Crippen LogP contribution in [0.5, 0.6) is 0 Å². The van der Waals surface area contributed by atoms with Crippen LogP contribution in [0.1, 0.15) is 40.1 Å². The van der Waals surface area contributed by atoms with Crippen LogP contribution in [0.4, 0.5) is 21.8 Å². The van der Waals surface area contributed by atoms with Crippen molar-refractivity contribution in [3.63, 3.8) is 0 Å². The molecule has 1 aliphatic carbocycles. The SMILES string of the molecule is Cc1c(-c2nc(Nc3ccc(N4CC5(CCN(C)C5)C4)cn3)ncc2F)sc2c1C(=O)N(C)C21CC1. The summed E-state index contributed by atoms with van der Waals surface area (Å²) >= 11 is 1.49. The highest BCUT2D eigenvalue weighted by Gasteiger charge is 2.58. The van der Waals surface area contributed by atoms with Crippen LogP contribution in [0.2, 0.25) is 0 Å². The molecule has 3 aromatic heterocycles. The number of nitrogens with one attached hydrogen (secondary N) is 1. The predicted octanol–water partition coefficient (Wildman–Crippen LogP) is 4.01. The number of nitrogens with zero attached hydrogens (tertiary/aromatic N) is 6. The average Bonchev–Trinajstić information content (AvgIpc) is 3.39. The molecule has 10 heteroatoms. The lowest BCUT2D eigenvalue weighted by molar-refractivity contribution is 0.0755. The monoisotopic (exact) mass is 505 g/mol. The van der Waals surface area contributed by atoms with Gasteiger partial charge in [-0.3, -0.25) is 4.79 Å². The van der Waals surface area contributed by atoms with E-state index < -0.39 is 5.82 Å². The highest BCUT2D eigenvalue weighted by atomic mass is 32.1. The highest BCUT2D eigenvalue weighted by Crippen LogP contribution is 2.60. The molecule has 2 saturated heterocycles. The molecule has 0 bridgehead atoms. The minimum atomic E-state index is -0.498. The minimum Gasteiger partial charge on any atom is -0.369 e. The second kappa shape index (κ2) is 7.45. The number of rotatable bonds is 4.